The summed E-state index contributed by atoms with van der Waals surface area (Å²) in [6.45, 7) is 0.164. The number of rotatable bonds is 4. The zero-order chi connectivity index (χ0) is 17.0. The molecule has 24 heavy (non-hydrogen) atoms. The number of ether oxygens (including phenoxy) is 1. The highest BCUT2D eigenvalue weighted by Crippen LogP contribution is 2.40. The fourth-order valence-electron chi connectivity index (χ4n) is 3.45. The molecule has 0 atom stereocenters. The Bertz CT molecular complexity index is 714. The van der Waals surface area contributed by atoms with Gasteiger partial charge in [0.1, 0.15) is 12.0 Å². The van der Waals surface area contributed by atoms with Crippen molar-refractivity contribution < 1.29 is 19.4 Å². The first-order valence-corrected chi connectivity index (χ1v) is 8.26. The van der Waals surface area contributed by atoms with Crippen LogP contribution < -0.4 is 0 Å². The zero-order valence-corrected chi connectivity index (χ0v) is 13.5. The van der Waals surface area contributed by atoms with Gasteiger partial charge in [0.25, 0.3) is 0 Å². The van der Waals surface area contributed by atoms with Gasteiger partial charge in [0.15, 0.2) is 0 Å². The number of aliphatic carboxylic acids is 1. The van der Waals surface area contributed by atoms with E-state index in [4.69, 9.17) is 4.74 Å². The molecule has 0 amide bonds. The Hall–Kier alpha value is -2.56. The number of carbonyl (C=O) groups excluding carboxylic acids is 1. The SMILES string of the molecule is O=C(OCc1ccccc1)n1cccc1C1(C(=O)O)CCCCC1. The van der Waals surface area contributed by atoms with Gasteiger partial charge in [-0.2, -0.15) is 0 Å². The van der Waals surface area contributed by atoms with E-state index in [-0.39, 0.29) is 6.61 Å². The summed E-state index contributed by atoms with van der Waals surface area (Å²) in [5.41, 5.74) is 0.422. The maximum Gasteiger partial charge on any atom is 0.418 e. The Labute approximate surface area is 140 Å². The summed E-state index contributed by atoms with van der Waals surface area (Å²) in [4.78, 5) is 24.4. The van der Waals surface area contributed by atoms with Crippen LogP contribution in [0.15, 0.2) is 48.7 Å². The molecule has 1 N–H and O–H groups in total. The summed E-state index contributed by atoms with van der Waals surface area (Å²) in [6, 6.07) is 12.8. The Morgan fingerprint density at radius 1 is 1.04 bits per heavy atom. The van der Waals surface area contributed by atoms with E-state index in [9.17, 15) is 14.7 Å². The van der Waals surface area contributed by atoms with E-state index >= 15 is 0 Å². The molecule has 1 saturated carbocycles. The molecule has 3 rings (SSSR count). The van der Waals surface area contributed by atoms with Gasteiger partial charge in [0.2, 0.25) is 0 Å². The van der Waals surface area contributed by atoms with Crippen LogP contribution in [0, 0.1) is 0 Å². The lowest BCUT2D eigenvalue weighted by molar-refractivity contribution is -0.145. The highest BCUT2D eigenvalue weighted by Gasteiger charge is 2.44. The van der Waals surface area contributed by atoms with E-state index in [2.05, 4.69) is 0 Å². The van der Waals surface area contributed by atoms with E-state index in [1.54, 1.807) is 18.3 Å². The van der Waals surface area contributed by atoms with Crippen LogP contribution in [0.3, 0.4) is 0 Å². The monoisotopic (exact) mass is 327 g/mol. The molecule has 126 valence electrons. The summed E-state index contributed by atoms with van der Waals surface area (Å²) in [5.74, 6) is -0.863. The molecule has 1 aromatic heterocycles. The first-order valence-electron chi connectivity index (χ1n) is 8.26. The molecule has 0 radical (unpaired) electrons. The Morgan fingerprint density at radius 2 is 1.75 bits per heavy atom. The predicted molar refractivity (Wildman–Crippen MR) is 88.9 cm³/mol. The molecule has 1 aromatic carbocycles. The van der Waals surface area contributed by atoms with Crippen molar-refractivity contribution in [1.82, 2.24) is 4.57 Å². The van der Waals surface area contributed by atoms with Gasteiger partial charge in [-0.1, -0.05) is 49.6 Å². The topological polar surface area (TPSA) is 68.5 Å². The van der Waals surface area contributed by atoms with E-state index in [0.717, 1.165) is 24.8 Å². The van der Waals surface area contributed by atoms with E-state index in [0.29, 0.717) is 18.5 Å². The van der Waals surface area contributed by atoms with E-state index in [1.807, 2.05) is 30.3 Å². The van der Waals surface area contributed by atoms with Crippen LogP contribution in [0.2, 0.25) is 0 Å². The second-order valence-electron chi connectivity index (χ2n) is 6.25. The number of carboxylic acids is 1. The number of benzene rings is 1. The van der Waals surface area contributed by atoms with Crippen molar-refractivity contribution in [2.24, 2.45) is 0 Å². The van der Waals surface area contributed by atoms with Crippen molar-refractivity contribution in [3.8, 4) is 0 Å². The van der Waals surface area contributed by atoms with Crippen LogP contribution in [0.5, 0.6) is 0 Å². The minimum atomic E-state index is -0.993. The number of aromatic nitrogens is 1. The highest BCUT2D eigenvalue weighted by molar-refractivity contribution is 5.83. The third kappa shape index (κ3) is 3.07. The summed E-state index contributed by atoms with van der Waals surface area (Å²) in [7, 11) is 0. The van der Waals surface area contributed by atoms with Gasteiger partial charge in [-0.25, -0.2) is 4.79 Å². The number of hydrogen-bond acceptors (Lipinski definition) is 3. The number of carboxylic acid groups (broad SMARTS) is 1. The second-order valence-corrected chi connectivity index (χ2v) is 6.25. The normalized spacial score (nSPS) is 16.5. The molecule has 0 bridgehead atoms. The van der Waals surface area contributed by atoms with Gasteiger partial charge in [-0.3, -0.25) is 9.36 Å². The van der Waals surface area contributed by atoms with Gasteiger partial charge < -0.3 is 9.84 Å². The third-order valence-electron chi connectivity index (χ3n) is 4.76. The van der Waals surface area contributed by atoms with Crippen LogP contribution in [0.4, 0.5) is 4.79 Å². The molecule has 5 nitrogen and oxygen atoms in total. The summed E-state index contributed by atoms with van der Waals surface area (Å²) in [6.07, 6.45) is 4.91. The molecular formula is C19H21NO4. The van der Waals surface area contributed by atoms with Gasteiger partial charge in [-0.15, -0.1) is 0 Å². The molecule has 0 unspecified atom stereocenters. The molecule has 2 aromatic rings. The van der Waals surface area contributed by atoms with Crippen LogP contribution in [-0.2, 0) is 21.6 Å². The second kappa shape index (κ2) is 6.91. The maximum absolute atomic E-state index is 12.5. The van der Waals surface area contributed by atoms with Crippen molar-refractivity contribution in [3.05, 3.63) is 59.9 Å². The molecule has 0 spiro atoms. The van der Waals surface area contributed by atoms with Crippen molar-refractivity contribution in [3.63, 3.8) is 0 Å². The molecular weight excluding hydrogens is 306 g/mol. The quantitative estimate of drug-likeness (QED) is 0.923. The lowest BCUT2D eigenvalue weighted by atomic mass is 9.71. The lowest BCUT2D eigenvalue weighted by Gasteiger charge is -2.33. The molecule has 5 heteroatoms. The molecule has 1 aliphatic carbocycles. The molecule has 0 saturated heterocycles. The smallest absolute Gasteiger partial charge is 0.418 e. The van der Waals surface area contributed by atoms with Gasteiger partial charge in [-0.05, 0) is 30.5 Å². The third-order valence-corrected chi connectivity index (χ3v) is 4.76. The summed E-state index contributed by atoms with van der Waals surface area (Å²) in [5, 5.41) is 9.81. The van der Waals surface area contributed by atoms with Crippen molar-refractivity contribution >= 4 is 12.1 Å². The summed E-state index contributed by atoms with van der Waals surface area (Å²) < 4.78 is 6.71. The zero-order valence-electron chi connectivity index (χ0n) is 13.5. The Balaban J connectivity index is 1.81. The first kappa shape index (κ1) is 16.3. The molecule has 1 aliphatic rings. The maximum atomic E-state index is 12.5. The minimum absolute atomic E-state index is 0.164. The summed E-state index contributed by atoms with van der Waals surface area (Å²) >= 11 is 0. The number of hydrogen-bond donors (Lipinski definition) is 1. The number of carbonyl (C=O) groups is 2. The van der Waals surface area contributed by atoms with Crippen molar-refractivity contribution in [1.29, 1.82) is 0 Å². The van der Waals surface area contributed by atoms with Crippen molar-refractivity contribution in [2.45, 2.75) is 44.1 Å². The lowest BCUT2D eigenvalue weighted by Crippen LogP contribution is -2.40. The largest absolute Gasteiger partial charge is 0.481 e. The average Bonchev–Trinajstić information content (AvgIpc) is 3.11. The first-order chi connectivity index (χ1) is 11.6. The fourth-order valence-corrected chi connectivity index (χ4v) is 3.45. The van der Waals surface area contributed by atoms with Gasteiger partial charge in [0, 0.05) is 11.9 Å². The van der Waals surface area contributed by atoms with Crippen molar-refractivity contribution in [2.75, 3.05) is 0 Å². The Kier molecular flexibility index (Phi) is 4.69. The Morgan fingerprint density at radius 3 is 2.42 bits per heavy atom. The molecule has 0 aliphatic heterocycles. The standard InChI is InChI=1S/C19H21NO4/c21-17(22)19(11-5-2-6-12-19)16-10-7-13-20(16)18(23)24-14-15-8-3-1-4-9-15/h1,3-4,7-10,13H,2,5-6,11-12,14H2,(H,21,22). The predicted octanol–water partition coefficient (Wildman–Crippen LogP) is 3.96. The number of nitrogens with zero attached hydrogens (tertiary/aromatic N) is 1. The minimum Gasteiger partial charge on any atom is -0.481 e. The van der Waals surface area contributed by atoms with Crippen LogP contribution in [-0.4, -0.2) is 21.7 Å². The van der Waals surface area contributed by atoms with E-state index in [1.165, 1.54) is 4.57 Å². The average molecular weight is 327 g/mol. The molecule has 1 fully saturated rings. The van der Waals surface area contributed by atoms with E-state index < -0.39 is 17.5 Å². The van der Waals surface area contributed by atoms with Crippen LogP contribution in [0.25, 0.3) is 0 Å². The highest BCUT2D eigenvalue weighted by atomic mass is 16.5. The van der Waals surface area contributed by atoms with Crippen LogP contribution >= 0.6 is 0 Å². The fraction of sp³-hybridized carbons (Fsp3) is 0.368. The van der Waals surface area contributed by atoms with Gasteiger partial charge >= 0.3 is 12.1 Å². The van der Waals surface area contributed by atoms with Crippen LogP contribution in [0.1, 0.15) is 43.4 Å². The molecule has 1 heterocycles. The van der Waals surface area contributed by atoms with Gasteiger partial charge in [0.05, 0.1) is 0 Å².